The normalized spacial score (nSPS) is 15.9. The second kappa shape index (κ2) is 7.22. The molecule has 0 bridgehead atoms. The number of hydrogen-bond acceptors (Lipinski definition) is 3. The van der Waals surface area contributed by atoms with Crippen molar-refractivity contribution >= 4 is 16.8 Å². The van der Waals surface area contributed by atoms with Gasteiger partial charge in [0.25, 0.3) is 5.91 Å². The number of carbonyl (C=O) groups excluding carboxylic acids is 1. The quantitative estimate of drug-likeness (QED) is 0.441. The van der Waals surface area contributed by atoms with E-state index in [9.17, 15) is 18.0 Å². The largest absolute Gasteiger partial charge is 0.350 e. The van der Waals surface area contributed by atoms with E-state index in [1.165, 1.54) is 4.68 Å². The zero-order valence-electron chi connectivity index (χ0n) is 17.7. The Kier molecular flexibility index (Phi) is 4.58. The molecule has 0 N–H and O–H groups in total. The fraction of sp³-hybridized carbons (Fsp3) is 0.261. The summed E-state index contributed by atoms with van der Waals surface area (Å²) in [6.07, 6.45) is 5.62. The Morgan fingerprint density at radius 2 is 1.88 bits per heavy atom. The highest BCUT2D eigenvalue weighted by Crippen LogP contribution is 2.37. The molecular weight excluding hydrogens is 419 g/mol. The molecule has 1 aliphatic rings. The average Bonchev–Trinajstić information content (AvgIpc) is 3.29. The molecule has 1 aromatic carbocycles. The summed E-state index contributed by atoms with van der Waals surface area (Å²) in [6.45, 7) is 2.29. The maximum Gasteiger partial charge on any atom is 0.256 e. The van der Waals surface area contributed by atoms with Gasteiger partial charge in [0.1, 0.15) is 0 Å². The summed E-state index contributed by atoms with van der Waals surface area (Å²) in [5.41, 5.74) is 3.66. The first-order valence-electron chi connectivity index (χ1n) is 10.2. The number of hydrogen-bond donors (Lipinski definition) is 0. The van der Waals surface area contributed by atoms with Crippen molar-refractivity contribution in [2.75, 3.05) is 6.54 Å². The highest BCUT2D eigenvalue weighted by atomic mass is 19.2. The van der Waals surface area contributed by atoms with E-state index in [1.807, 2.05) is 24.6 Å². The van der Waals surface area contributed by atoms with Crippen molar-refractivity contribution in [3.05, 3.63) is 71.1 Å². The third-order valence-electron chi connectivity index (χ3n) is 6.18. The topological polar surface area (TPSA) is 56.0 Å². The maximum atomic E-state index is 13.9. The van der Waals surface area contributed by atoms with Gasteiger partial charge in [-0.15, -0.1) is 0 Å². The molecule has 164 valence electrons. The highest BCUT2D eigenvalue weighted by molar-refractivity contribution is 6.07. The van der Waals surface area contributed by atoms with Crippen LogP contribution < -0.4 is 0 Å². The number of aromatic nitrogens is 4. The molecule has 1 atom stereocenters. The van der Waals surface area contributed by atoms with Gasteiger partial charge in [-0.2, -0.15) is 5.10 Å². The summed E-state index contributed by atoms with van der Waals surface area (Å²) in [5.74, 6) is -4.13. The van der Waals surface area contributed by atoms with Gasteiger partial charge in [0.05, 0.1) is 28.5 Å². The van der Waals surface area contributed by atoms with Crippen LogP contribution in [0, 0.1) is 17.5 Å². The van der Waals surface area contributed by atoms with Crippen molar-refractivity contribution in [1.29, 1.82) is 0 Å². The van der Waals surface area contributed by atoms with Crippen molar-refractivity contribution < 1.29 is 18.0 Å². The van der Waals surface area contributed by atoms with Gasteiger partial charge in [0.15, 0.2) is 17.5 Å². The van der Waals surface area contributed by atoms with E-state index in [0.29, 0.717) is 29.9 Å². The van der Waals surface area contributed by atoms with E-state index in [4.69, 9.17) is 0 Å². The minimum Gasteiger partial charge on any atom is -0.350 e. The van der Waals surface area contributed by atoms with Crippen LogP contribution in [0.1, 0.15) is 34.6 Å². The third kappa shape index (κ3) is 2.91. The minimum absolute atomic E-state index is 0.132. The molecule has 1 aliphatic heterocycles. The summed E-state index contributed by atoms with van der Waals surface area (Å²) in [6, 6.07) is 3.45. The Bertz CT molecular complexity index is 1370. The first-order chi connectivity index (χ1) is 15.3. The summed E-state index contributed by atoms with van der Waals surface area (Å²) in [5, 5.41) is 5.33. The molecule has 4 aromatic rings. The molecule has 0 saturated heterocycles. The van der Waals surface area contributed by atoms with Gasteiger partial charge in [-0.25, -0.2) is 13.2 Å². The fourth-order valence-corrected chi connectivity index (χ4v) is 4.64. The summed E-state index contributed by atoms with van der Waals surface area (Å²) >= 11 is 0. The van der Waals surface area contributed by atoms with Gasteiger partial charge in [-0.05, 0) is 31.5 Å². The smallest absolute Gasteiger partial charge is 0.256 e. The van der Waals surface area contributed by atoms with E-state index in [0.717, 1.165) is 28.6 Å². The van der Waals surface area contributed by atoms with E-state index >= 15 is 0 Å². The van der Waals surface area contributed by atoms with Crippen molar-refractivity contribution in [3.8, 4) is 11.3 Å². The molecule has 9 heteroatoms. The van der Waals surface area contributed by atoms with Gasteiger partial charge < -0.3 is 9.47 Å². The average molecular weight is 439 g/mol. The van der Waals surface area contributed by atoms with Crippen LogP contribution >= 0.6 is 0 Å². The fourth-order valence-electron chi connectivity index (χ4n) is 4.64. The van der Waals surface area contributed by atoms with Gasteiger partial charge in [-0.1, -0.05) is 0 Å². The SMILES string of the molecule is CC1c2nn(C)c(-c3cc(F)c(F)c(F)c3)c2CCN1C(=O)c1cn(C)c2ccncc12. The van der Waals surface area contributed by atoms with E-state index < -0.39 is 17.5 Å². The Morgan fingerprint density at radius 1 is 1.16 bits per heavy atom. The summed E-state index contributed by atoms with van der Waals surface area (Å²) < 4.78 is 44.6. The van der Waals surface area contributed by atoms with Gasteiger partial charge >= 0.3 is 0 Å². The Hall–Kier alpha value is -3.62. The lowest BCUT2D eigenvalue weighted by atomic mass is 9.95. The maximum absolute atomic E-state index is 13.9. The van der Waals surface area contributed by atoms with E-state index in [1.54, 1.807) is 30.5 Å². The van der Waals surface area contributed by atoms with Crippen LogP contribution in [0.5, 0.6) is 0 Å². The van der Waals surface area contributed by atoms with E-state index in [2.05, 4.69) is 10.1 Å². The predicted molar refractivity (Wildman–Crippen MR) is 112 cm³/mol. The van der Waals surface area contributed by atoms with Crippen LogP contribution in [0.3, 0.4) is 0 Å². The lowest BCUT2D eigenvalue weighted by Gasteiger charge is -2.33. The number of benzene rings is 1. The first kappa shape index (κ1) is 20.3. The molecule has 5 rings (SSSR count). The lowest BCUT2D eigenvalue weighted by molar-refractivity contribution is 0.0675. The second-order valence-electron chi connectivity index (χ2n) is 8.06. The summed E-state index contributed by atoms with van der Waals surface area (Å²) in [7, 11) is 3.55. The predicted octanol–water partition coefficient (Wildman–Crippen LogP) is 4.15. The molecule has 6 nitrogen and oxygen atoms in total. The number of fused-ring (bicyclic) bond motifs is 2. The molecule has 4 heterocycles. The number of rotatable bonds is 2. The third-order valence-corrected chi connectivity index (χ3v) is 6.18. The molecule has 3 aromatic heterocycles. The molecule has 0 spiro atoms. The molecule has 0 fully saturated rings. The van der Waals surface area contributed by atoms with Crippen LogP contribution in [0.15, 0.2) is 36.8 Å². The first-order valence-corrected chi connectivity index (χ1v) is 10.2. The Morgan fingerprint density at radius 3 is 2.59 bits per heavy atom. The molecule has 0 aliphatic carbocycles. The van der Waals surface area contributed by atoms with E-state index in [-0.39, 0.29) is 17.5 Å². The lowest BCUT2D eigenvalue weighted by Crippen LogP contribution is -2.38. The van der Waals surface area contributed by atoms with Crippen molar-refractivity contribution in [3.63, 3.8) is 0 Å². The molecule has 1 amide bonds. The number of pyridine rings is 1. The monoisotopic (exact) mass is 439 g/mol. The molecule has 1 unspecified atom stereocenters. The van der Waals surface area contributed by atoms with Gasteiger partial charge in [0.2, 0.25) is 0 Å². The van der Waals surface area contributed by atoms with Crippen LogP contribution in [-0.4, -0.2) is 36.7 Å². The standard InChI is InChI=1S/C23H20F3N5O/c1-12-21-14(22(30(3)28-21)13-8-17(24)20(26)18(25)9-13)5-7-31(12)23(32)16-11-29(2)19-4-6-27-10-15(16)19/h4,6,8-12H,5,7H2,1-3H3. The number of amides is 1. The Balaban J connectivity index is 1.54. The van der Waals surface area contributed by atoms with Crippen molar-refractivity contribution in [2.24, 2.45) is 14.1 Å². The molecule has 32 heavy (non-hydrogen) atoms. The minimum atomic E-state index is -1.50. The number of carbonyl (C=O) groups is 1. The van der Waals surface area contributed by atoms with Crippen molar-refractivity contribution in [1.82, 2.24) is 24.2 Å². The van der Waals surface area contributed by atoms with Crippen LogP contribution in [0.25, 0.3) is 22.2 Å². The van der Waals surface area contributed by atoms with Crippen LogP contribution in [-0.2, 0) is 20.5 Å². The number of aryl methyl sites for hydroxylation is 2. The Labute approximate surface area is 181 Å². The molecule has 0 saturated carbocycles. The number of nitrogens with zero attached hydrogens (tertiary/aromatic N) is 5. The molecule has 0 radical (unpaired) electrons. The van der Waals surface area contributed by atoms with Gasteiger partial charge in [0, 0.05) is 55.7 Å². The number of halogens is 3. The van der Waals surface area contributed by atoms with Crippen molar-refractivity contribution in [2.45, 2.75) is 19.4 Å². The highest BCUT2D eigenvalue weighted by Gasteiger charge is 2.34. The zero-order valence-corrected chi connectivity index (χ0v) is 17.7. The van der Waals surface area contributed by atoms with Crippen LogP contribution in [0.4, 0.5) is 13.2 Å². The molecular formula is C23H20F3N5O. The second-order valence-corrected chi connectivity index (χ2v) is 8.06. The summed E-state index contributed by atoms with van der Waals surface area (Å²) in [4.78, 5) is 19.3. The zero-order chi connectivity index (χ0) is 22.7. The van der Waals surface area contributed by atoms with Crippen LogP contribution in [0.2, 0.25) is 0 Å². The van der Waals surface area contributed by atoms with Gasteiger partial charge in [-0.3, -0.25) is 14.5 Å².